The molecule has 9 heteroatoms. The number of rotatable bonds is 4. The molecule has 2 atom stereocenters. The first-order valence-electron chi connectivity index (χ1n) is 9.92. The molecule has 0 spiro atoms. The summed E-state index contributed by atoms with van der Waals surface area (Å²) in [5.41, 5.74) is 0.0325. The van der Waals surface area contributed by atoms with E-state index in [1.807, 2.05) is 6.92 Å². The van der Waals surface area contributed by atoms with Gasteiger partial charge in [0.25, 0.3) is 0 Å². The maximum absolute atomic E-state index is 14.9. The third-order valence-electron chi connectivity index (χ3n) is 6.10. The van der Waals surface area contributed by atoms with Gasteiger partial charge in [0.15, 0.2) is 5.82 Å². The Bertz CT molecular complexity index is 1110. The number of aromatic nitrogens is 3. The van der Waals surface area contributed by atoms with Crippen molar-refractivity contribution in [3.8, 4) is 11.3 Å². The highest BCUT2D eigenvalue weighted by molar-refractivity contribution is 5.69. The van der Waals surface area contributed by atoms with Crippen molar-refractivity contribution in [1.29, 1.82) is 0 Å². The number of aliphatic hydroxyl groups is 1. The van der Waals surface area contributed by atoms with Crippen molar-refractivity contribution in [3.63, 3.8) is 0 Å². The molecular formula is C21H21F3N4O2. The van der Waals surface area contributed by atoms with E-state index in [2.05, 4.69) is 15.4 Å². The van der Waals surface area contributed by atoms with Crippen LogP contribution in [0, 0.1) is 17.5 Å². The Morgan fingerprint density at radius 2 is 1.90 bits per heavy atom. The molecule has 0 radical (unpaired) electrons. The van der Waals surface area contributed by atoms with Crippen molar-refractivity contribution in [2.45, 2.75) is 43.7 Å². The highest BCUT2D eigenvalue weighted by Crippen LogP contribution is 2.48. The molecule has 2 N–H and O–H groups in total. The Morgan fingerprint density at radius 3 is 2.57 bits per heavy atom. The van der Waals surface area contributed by atoms with Crippen LogP contribution in [0.5, 0.6) is 0 Å². The summed E-state index contributed by atoms with van der Waals surface area (Å²) in [6.45, 7) is 2.62. The molecule has 2 aliphatic rings. The molecule has 1 aromatic carbocycles. The van der Waals surface area contributed by atoms with Crippen LogP contribution >= 0.6 is 0 Å². The molecule has 3 aromatic rings. The first-order chi connectivity index (χ1) is 14.4. The summed E-state index contributed by atoms with van der Waals surface area (Å²) < 4.78 is 50.7. The number of ether oxygens (including phenoxy) is 1. The second-order valence-corrected chi connectivity index (χ2v) is 8.31. The van der Waals surface area contributed by atoms with Crippen LogP contribution in [-0.4, -0.2) is 45.1 Å². The zero-order chi connectivity index (χ0) is 21.0. The number of benzene rings is 1. The van der Waals surface area contributed by atoms with Gasteiger partial charge in [-0.05, 0) is 42.4 Å². The van der Waals surface area contributed by atoms with Crippen LogP contribution in [0.2, 0.25) is 0 Å². The molecule has 0 amide bonds. The number of nitrogens with one attached hydrogen (secondary N) is 1. The lowest BCUT2D eigenvalue weighted by atomic mass is 9.96. The van der Waals surface area contributed by atoms with Crippen LogP contribution in [0.4, 0.5) is 19.1 Å². The van der Waals surface area contributed by atoms with E-state index in [4.69, 9.17) is 4.74 Å². The highest BCUT2D eigenvalue weighted by atomic mass is 19.1. The van der Waals surface area contributed by atoms with Gasteiger partial charge in [-0.25, -0.2) is 22.7 Å². The molecule has 0 bridgehead atoms. The Hall–Kier alpha value is -2.65. The van der Waals surface area contributed by atoms with Gasteiger partial charge < -0.3 is 15.2 Å². The topological polar surface area (TPSA) is 71.7 Å². The lowest BCUT2D eigenvalue weighted by molar-refractivity contribution is -0.0136. The molecule has 2 aromatic heterocycles. The minimum absolute atomic E-state index is 0.0000993. The summed E-state index contributed by atoms with van der Waals surface area (Å²) in [6, 6.07) is 3.35. The lowest BCUT2D eigenvalue weighted by Crippen LogP contribution is -2.42. The Kier molecular flexibility index (Phi) is 4.48. The van der Waals surface area contributed by atoms with Gasteiger partial charge in [-0.2, -0.15) is 0 Å². The van der Waals surface area contributed by atoms with E-state index in [9.17, 15) is 18.3 Å². The number of nitrogens with zero attached hydrogens (tertiary/aromatic N) is 3. The molecule has 1 aliphatic heterocycles. The third-order valence-corrected chi connectivity index (χ3v) is 6.10. The van der Waals surface area contributed by atoms with Gasteiger partial charge in [-0.3, -0.25) is 0 Å². The lowest BCUT2D eigenvalue weighted by Gasteiger charge is -2.28. The van der Waals surface area contributed by atoms with E-state index in [0.717, 1.165) is 23.4 Å². The van der Waals surface area contributed by atoms with Gasteiger partial charge >= 0.3 is 0 Å². The molecule has 30 heavy (non-hydrogen) atoms. The van der Waals surface area contributed by atoms with E-state index in [1.165, 1.54) is 18.3 Å². The van der Waals surface area contributed by atoms with Crippen molar-refractivity contribution in [2.75, 3.05) is 18.5 Å². The van der Waals surface area contributed by atoms with E-state index in [1.54, 1.807) is 0 Å². The number of hydrogen-bond donors (Lipinski definition) is 2. The molecule has 0 unspecified atom stereocenters. The maximum Gasteiger partial charge on any atom is 0.241 e. The number of hydrogen-bond acceptors (Lipinski definition) is 5. The Balaban J connectivity index is 1.56. The average Bonchev–Trinajstić information content (AvgIpc) is 3.39. The van der Waals surface area contributed by atoms with Crippen LogP contribution in [0.3, 0.4) is 0 Å². The highest BCUT2D eigenvalue weighted by Gasteiger charge is 2.40. The SMILES string of the molecule is CC1(c2cc(F)c(-c3cc(F)c4cnc(N[C@@H]5CCOC[C@H]5O)nn34)c(F)c2)CC1. The summed E-state index contributed by atoms with van der Waals surface area (Å²) in [5.74, 6) is -2.08. The summed E-state index contributed by atoms with van der Waals surface area (Å²) in [5, 5.41) is 17.3. The molecular weight excluding hydrogens is 397 g/mol. The predicted octanol–water partition coefficient (Wildman–Crippen LogP) is 3.43. The largest absolute Gasteiger partial charge is 0.389 e. The Morgan fingerprint density at radius 1 is 1.17 bits per heavy atom. The van der Waals surface area contributed by atoms with Crippen LogP contribution < -0.4 is 5.32 Å². The maximum atomic E-state index is 14.9. The molecule has 6 nitrogen and oxygen atoms in total. The van der Waals surface area contributed by atoms with Gasteiger partial charge in [0.1, 0.15) is 17.2 Å². The smallest absolute Gasteiger partial charge is 0.241 e. The van der Waals surface area contributed by atoms with E-state index >= 15 is 0 Å². The van der Waals surface area contributed by atoms with Crippen LogP contribution in [0.15, 0.2) is 24.4 Å². The van der Waals surface area contributed by atoms with Crippen molar-refractivity contribution in [3.05, 3.63) is 47.4 Å². The fourth-order valence-corrected chi connectivity index (χ4v) is 3.90. The third kappa shape index (κ3) is 3.22. The van der Waals surface area contributed by atoms with Gasteiger partial charge in [0.2, 0.25) is 5.95 Å². The minimum Gasteiger partial charge on any atom is -0.389 e. The average molecular weight is 418 g/mol. The first-order valence-corrected chi connectivity index (χ1v) is 9.92. The van der Waals surface area contributed by atoms with Gasteiger partial charge in [-0.15, -0.1) is 5.10 Å². The van der Waals surface area contributed by atoms with Gasteiger partial charge in [0.05, 0.1) is 36.2 Å². The van der Waals surface area contributed by atoms with Crippen molar-refractivity contribution in [2.24, 2.45) is 0 Å². The predicted molar refractivity (Wildman–Crippen MR) is 104 cm³/mol. The second kappa shape index (κ2) is 6.95. The normalized spacial score (nSPS) is 23.0. The second-order valence-electron chi connectivity index (χ2n) is 8.31. The van der Waals surface area contributed by atoms with E-state index < -0.39 is 23.6 Å². The molecule has 158 valence electrons. The van der Waals surface area contributed by atoms with Crippen LogP contribution in [0.25, 0.3) is 16.8 Å². The fraction of sp³-hybridized carbons (Fsp3) is 0.429. The summed E-state index contributed by atoms with van der Waals surface area (Å²) in [6.07, 6.45) is 2.81. The molecule has 2 fully saturated rings. The molecule has 3 heterocycles. The standard InChI is InChI=1S/C21H21F3N4O2/c1-21(3-4-21)11-6-13(23)19(14(24)7-11)16-8-12(22)17-9-25-20(27-28(16)17)26-15-2-5-30-10-18(15)29/h6-9,15,18,29H,2-5,10H2,1H3,(H,26,27)/t15-,18-/m1/s1. The van der Waals surface area contributed by atoms with Crippen molar-refractivity contribution < 1.29 is 23.0 Å². The Labute approximate surface area is 170 Å². The number of anilines is 1. The number of aliphatic hydroxyl groups excluding tert-OH is 1. The zero-order valence-electron chi connectivity index (χ0n) is 16.3. The van der Waals surface area contributed by atoms with E-state index in [0.29, 0.717) is 18.6 Å². The summed E-state index contributed by atoms with van der Waals surface area (Å²) in [7, 11) is 0. The quantitative estimate of drug-likeness (QED) is 0.679. The number of fused-ring (bicyclic) bond motifs is 1. The molecule has 1 saturated heterocycles. The van der Waals surface area contributed by atoms with E-state index in [-0.39, 0.29) is 40.8 Å². The van der Waals surface area contributed by atoms with Crippen molar-refractivity contribution >= 4 is 11.5 Å². The van der Waals surface area contributed by atoms with Crippen LogP contribution in [-0.2, 0) is 10.2 Å². The fourth-order valence-electron chi connectivity index (χ4n) is 3.90. The molecule has 1 saturated carbocycles. The summed E-state index contributed by atoms with van der Waals surface area (Å²) >= 11 is 0. The first kappa shape index (κ1) is 19.3. The van der Waals surface area contributed by atoms with Gasteiger partial charge in [0, 0.05) is 12.7 Å². The minimum atomic E-state index is -0.759. The zero-order valence-corrected chi connectivity index (χ0v) is 16.3. The van der Waals surface area contributed by atoms with Crippen molar-refractivity contribution in [1.82, 2.24) is 14.6 Å². The molecule has 5 rings (SSSR count). The summed E-state index contributed by atoms with van der Waals surface area (Å²) in [4.78, 5) is 4.08. The molecule has 1 aliphatic carbocycles. The van der Waals surface area contributed by atoms with Gasteiger partial charge in [-0.1, -0.05) is 6.92 Å². The van der Waals surface area contributed by atoms with Crippen LogP contribution in [0.1, 0.15) is 31.7 Å². The number of halogens is 3. The monoisotopic (exact) mass is 418 g/mol.